The number of hydrogen-bond acceptors (Lipinski definition) is 3. The maximum atomic E-state index is 12.5. The van der Waals surface area contributed by atoms with Gasteiger partial charge in [-0.1, -0.05) is 29.8 Å². The zero-order valence-corrected chi connectivity index (χ0v) is 17.0. The molecule has 5 nitrogen and oxygen atoms in total. The van der Waals surface area contributed by atoms with Gasteiger partial charge in [-0.3, -0.25) is 9.48 Å². The Bertz CT molecular complexity index is 976. The van der Waals surface area contributed by atoms with Crippen LogP contribution in [0.3, 0.4) is 0 Å². The summed E-state index contributed by atoms with van der Waals surface area (Å²) in [6, 6.07) is 13.7. The van der Waals surface area contributed by atoms with Crippen molar-refractivity contribution >= 4 is 5.91 Å². The third kappa shape index (κ3) is 4.80. The molecule has 1 amide bonds. The minimum Gasteiger partial charge on any atom is -0.489 e. The predicted octanol–water partition coefficient (Wildman–Crippen LogP) is 4.34. The zero-order chi connectivity index (χ0) is 20.1. The molecule has 0 aliphatic carbocycles. The van der Waals surface area contributed by atoms with Crippen LogP contribution in [0.2, 0.25) is 0 Å². The lowest BCUT2D eigenvalue weighted by Gasteiger charge is -2.11. The van der Waals surface area contributed by atoms with Crippen LogP contribution in [0.4, 0.5) is 0 Å². The van der Waals surface area contributed by atoms with E-state index in [1.54, 1.807) is 0 Å². The largest absolute Gasteiger partial charge is 0.489 e. The van der Waals surface area contributed by atoms with Crippen molar-refractivity contribution in [3.05, 3.63) is 82.2 Å². The fourth-order valence-electron chi connectivity index (χ4n) is 3.10. The molecule has 0 fully saturated rings. The van der Waals surface area contributed by atoms with Gasteiger partial charge in [-0.2, -0.15) is 5.10 Å². The van der Waals surface area contributed by atoms with Crippen molar-refractivity contribution < 1.29 is 9.53 Å². The minimum atomic E-state index is -0.1000. The topological polar surface area (TPSA) is 56.2 Å². The molecule has 0 spiro atoms. The molecule has 28 heavy (non-hydrogen) atoms. The van der Waals surface area contributed by atoms with Crippen LogP contribution in [-0.2, 0) is 19.7 Å². The third-order valence-corrected chi connectivity index (χ3v) is 4.73. The van der Waals surface area contributed by atoms with Crippen LogP contribution >= 0.6 is 0 Å². The number of aryl methyl sites for hydroxylation is 4. The highest BCUT2D eigenvalue weighted by molar-refractivity contribution is 5.94. The summed E-state index contributed by atoms with van der Waals surface area (Å²) < 4.78 is 7.81. The highest BCUT2D eigenvalue weighted by Gasteiger charge is 2.10. The van der Waals surface area contributed by atoms with Gasteiger partial charge in [-0.15, -0.1) is 0 Å². The molecule has 1 aromatic heterocycles. The Balaban J connectivity index is 1.61. The first-order chi connectivity index (χ1) is 13.5. The maximum Gasteiger partial charge on any atom is 0.251 e. The van der Waals surface area contributed by atoms with Crippen LogP contribution in [0.5, 0.6) is 5.75 Å². The van der Waals surface area contributed by atoms with Crippen molar-refractivity contribution in [2.75, 3.05) is 0 Å². The van der Waals surface area contributed by atoms with E-state index in [-0.39, 0.29) is 5.91 Å². The average Bonchev–Trinajstić information content (AvgIpc) is 3.05. The molecule has 0 aliphatic heterocycles. The van der Waals surface area contributed by atoms with Gasteiger partial charge < -0.3 is 10.1 Å². The van der Waals surface area contributed by atoms with Gasteiger partial charge in [0.1, 0.15) is 12.4 Å². The summed E-state index contributed by atoms with van der Waals surface area (Å²) in [5.41, 5.74) is 5.88. The van der Waals surface area contributed by atoms with Crippen molar-refractivity contribution in [2.45, 2.75) is 47.4 Å². The van der Waals surface area contributed by atoms with E-state index in [1.807, 2.05) is 68.0 Å². The standard InChI is InChI=1S/C23H27N3O2/c1-5-26-14-21(18(4)25-26)13-24-23(27)20-8-6-7-19(12-20)15-28-22-10-9-16(2)11-17(22)3/h6-12,14H,5,13,15H2,1-4H3,(H,24,27). The summed E-state index contributed by atoms with van der Waals surface area (Å²) in [6.45, 7) is 9.81. The number of hydrogen-bond donors (Lipinski definition) is 1. The second kappa shape index (κ2) is 8.74. The van der Waals surface area contributed by atoms with Gasteiger partial charge >= 0.3 is 0 Å². The predicted molar refractivity (Wildman–Crippen MR) is 110 cm³/mol. The molecule has 0 saturated heterocycles. The monoisotopic (exact) mass is 377 g/mol. The van der Waals surface area contributed by atoms with Gasteiger partial charge in [0.25, 0.3) is 5.91 Å². The molecular weight excluding hydrogens is 350 g/mol. The number of benzene rings is 2. The SMILES string of the molecule is CCn1cc(CNC(=O)c2cccc(COc3ccc(C)cc3C)c2)c(C)n1. The Hall–Kier alpha value is -3.08. The number of rotatable bonds is 7. The van der Waals surface area contributed by atoms with Gasteiger partial charge in [0, 0.05) is 30.4 Å². The molecule has 0 unspecified atom stereocenters. The van der Waals surface area contributed by atoms with Crippen molar-refractivity contribution in [3.8, 4) is 5.75 Å². The van der Waals surface area contributed by atoms with E-state index >= 15 is 0 Å². The van der Waals surface area contributed by atoms with Gasteiger partial charge in [-0.25, -0.2) is 0 Å². The third-order valence-electron chi connectivity index (χ3n) is 4.73. The molecule has 146 valence electrons. The molecule has 0 radical (unpaired) electrons. The number of amides is 1. The fourth-order valence-corrected chi connectivity index (χ4v) is 3.10. The first-order valence-corrected chi connectivity index (χ1v) is 9.56. The summed E-state index contributed by atoms with van der Waals surface area (Å²) in [4.78, 5) is 12.5. The molecule has 3 aromatic rings. The Morgan fingerprint density at radius 1 is 1.14 bits per heavy atom. The van der Waals surface area contributed by atoms with Crippen LogP contribution in [0.15, 0.2) is 48.7 Å². The van der Waals surface area contributed by atoms with Crippen molar-refractivity contribution in [2.24, 2.45) is 0 Å². The Labute approximate surface area is 166 Å². The van der Waals surface area contributed by atoms with E-state index in [2.05, 4.69) is 23.4 Å². The number of nitrogens with one attached hydrogen (secondary N) is 1. The maximum absolute atomic E-state index is 12.5. The minimum absolute atomic E-state index is 0.1000. The van der Waals surface area contributed by atoms with Gasteiger partial charge in [0.15, 0.2) is 0 Å². The Morgan fingerprint density at radius 2 is 1.96 bits per heavy atom. The quantitative estimate of drug-likeness (QED) is 0.666. The molecule has 1 heterocycles. The lowest BCUT2D eigenvalue weighted by atomic mass is 10.1. The molecule has 1 N–H and O–H groups in total. The summed E-state index contributed by atoms with van der Waals surface area (Å²) in [7, 11) is 0. The highest BCUT2D eigenvalue weighted by Crippen LogP contribution is 2.20. The number of nitrogens with zero attached hydrogens (tertiary/aromatic N) is 2. The van der Waals surface area contributed by atoms with Crippen LogP contribution < -0.4 is 10.1 Å². The summed E-state index contributed by atoms with van der Waals surface area (Å²) >= 11 is 0. The van der Waals surface area contributed by atoms with Crippen molar-refractivity contribution in [3.63, 3.8) is 0 Å². The van der Waals surface area contributed by atoms with Gasteiger partial charge in [0.05, 0.1) is 5.69 Å². The summed E-state index contributed by atoms with van der Waals surface area (Å²) in [6.07, 6.45) is 1.98. The molecule has 0 aliphatic rings. The van der Waals surface area contributed by atoms with Crippen LogP contribution in [0, 0.1) is 20.8 Å². The average molecular weight is 377 g/mol. The second-order valence-electron chi connectivity index (χ2n) is 7.04. The van der Waals surface area contributed by atoms with Crippen LogP contribution in [-0.4, -0.2) is 15.7 Å². The molecule has 3 rings (SSSR count). The van der Waals surface area contributed by atoms with Gasteiger partial charge in [-0.05, 0) is 57.0 Å². The number of ether oxygens (including phenoxy) is 1. The van der Waals surface area contributed by atoms with E-state index in [0.29, 0.717) is 18.7 Å². The second-order valence-corrected chi connectivity index (χ2v) is 7.04. The van der Waals surface area contributed by atoms with Crippen LogP contribution in [0.25, 0.3) is 0 Å². The number of carbonyl (C=O) groups excluding carboxylic acids is 1. The Morgan fingerprint density at radius 3 is 2.68 bits per heavy atom. The molecule has 0 saturated carbocycles. The smallest absolute Gasteiger partial charge is 0.251 e. The first-order valence-electron chi connectivity index (χ1n) is 9.56. The normalized spacial score (nSPS) is 10.7. The summed E-state index contributed by atoms with van der Waals surface area (Å²) in [5, 5.41) is 7.39. The van der Waals surface area contributed by atoms with E-state index in [1.165, 1.54) is 5.56 Å². The first kappa shape index (κ1) is 19.7. The molecule has 2 aromatic carbocycles. The zero-order valence-electron chi connectivity index (χ0n) is 17.0. The van der Waals surface area contributed by atoms with E-state index < -0.39 is 0 Å². The summed E-state index contributed by atoms with van der Waals surface area (Å²) in [5.74, 6) is 0.765. The van der Waals surface area contributed by atoms with Gasteiger partial charge in [0.2, 0.25) is 0 Å². The van der Waals surface area contributed by atoms with E-state index in [0.717, 1.165) is 34.7 Å². The number of aromatic nitrogens is 2. The lowest BCUT2D eigenvalue weighted by molar-refractivity contribution is 0.0950. The lowest BCUT2D eigenvalue weighted by Crippen LogP contribution is -2.23. The molecule has 0 bridgehead atoms. The Kier molecular flexibility index (Phi) is 6.14. The molecule has 5 heteroatoms. The molecule has 0 atom stereocenters. The van der Waals surface area contributed by atoms with E-state index in [9.17, 15) is 4.79 Å². The highest BCUT2D eigenvalue weighted by atomic mass is 16.5. The van der Waals surface area contributed by atoms with E-state index in [4.69, 9.17) is 4.74 Å². The van der Waals surface area contributed by atoms with Crippen molar-refractivity contribution in [1.82, 2.24) is 15.1 Å². The number of carbonyl (C=O) groups is 1. The molecular formula is C23H27N3O2. The van der Waals surface area contributed by atoms with Crippen LogP contribution in [0.1, 0.15) is 45.2 Å². The fraction of sp³-hybridized carbons (Fsp3) is 0.304. The van der Waals surface area contributed by atoms with Crippen molar-refractivity contribution in [1.29, 1.82) is 0 Å².